The van der Waals surface area contributed by atoms with Gasteiger partial charge in [0.05, 0.1) is 0 Å². The van der Waals surface area contributed by atoms with Crippen molar-refractivity contribution in [2.45, 2.75) is 46.1 Å². The molecule has 16 heavy (non-hydrogen) atoms. The second kappa shape index (κ2) is 8.35. The lowest BCUT2D eigenvalue weighted by Gasteiger charge is -2.02. The highest BCUT2D eigenvalue weighted by Crippen LogP contribution is 2.27. The van der Waals surface area contributed by atoms with E-state index in [0.717, 1.165) is 12.5 Å². The molecule has 1 nitrogen and oxygen atoms in total. The van der Waals surface area contributed by atoms with Crippen LogP contribution in [0.4, 0.5) is 0 Å². The number of hydrogen-bond donors (Lipinski definition) is 1. The van der Waals surface area contributed by atoms with Crippen molar-refractivity contribution in [3.63, 3.8) is 0 Å². The molecule has 0 radical (unpaired) electrons. The molecule has 0 unspecified atom stereocenters. The fraction of sp³-hybridized carbons (Fsp3) is 0.600. The molecule has 0 aromatic heterocycles. The molecule has 0 heterocycles. The van der Waals surface area contributed by atoms with Gasteiger partial charge in [0.1, 0.15) is 0 Å². The zero-order chi connectivity index (χ0) is 11.6. The topological polar surface area (TPSA) is 12.0 Å². The minimum absolute atomic E-state index is 0.980. The van der Waals surface area contributed by atoms with E-state index in [1.165, 1.54) is 37.8 Å². The van der Waals surface area contributed by atoms with Gasteiger partial charge in [0, 0.05) is 6.54 Å². The van der Waals surface area contributed by atoms with Crippen molar-refractivity contribution in [3.8, 4) is 0 Å². The normalized spacial score (nSPS) is 14.1. The average molecular weight is 219 g/mol. The molecular formula is C15H25N. The van der Waals surface area contributed by atoms with Crippen LogP contribution in [-0.4, -0.2) is 6.54 Å². The highest BCUT2D eigenvalue weighted by molar-refractivity contribution is 5.14. The van der Waals surface area contributed by atoms with Gasteiger partial charge in [-0.25, -0.2) is 0 Å². The van der Waals surface area contributed by atoms with Crippen molar-refractivity contribution in [2.24, 2.45) is 5.92 Å². The lowest BCUT2D eigenvalue weighted by Crippen LogP contribution is -2.15. The Balaban J connectivity index is 0.000000280. The van der Waals surface area contributed by atoms with Crippen molar-refractivity contribution >= 4 is 0 Å². The summed E-state index contributed by atoms with van der Waals surface area (Å²) in [4.78, 5) is 0. The third-order valence-electron chi connectivity index (χ3n) is 2.80. The molecule has 1 heteroatoms. The van der Waals surface area contributed by atoms with Gasteiger partial charge in [-0.3, -0.25) is 0 Å². The molecule has 0 bridgehead atoms. The van der Waals surface area contributed by atoms with Crippen molar-refractivity contribution in [3.05, 3.63) is 35.9 Å². The first-order valence-electron chi connectivity index (χ1n) is 6.61. The van der Waals surface area contributed by atoms with E-state index in [4.69, 9.17) is 0 Å². The number of hydrogen-bond acceptors (Lipinski definition) is 1. The highest BCUT2D eigenvalue weighted by atomic mass is 14.9. The maximum atomic E-state index is 3.46. The van der Waals surface area contributed by atoms with E-state index < -0.39 is 0 Å². The molecule has 90 valence electrons. The van der Waals surface area contributed by atoms with Gasteiger partial charge in [-0.2, -0.15) is 0 Å². The maximum Gasteiger partial charge on any atom is 0.0205 e. The van der Waals surface area contributed by atoms with Gasteiger partial charge in [0.25, 0.3) is 0 Å². The van der Waals surface area contributed by atoms with E-state index in [9.17, 15) is 0 Å². The Morgan fingerprint density at radius 3 is 2.19 bits per heavy atom. The highest BCUT2D eigenvalue weighted by Gasteiger charge is 2.19. The molecule has 0 aliphatic heterocycles. The van der Waals surface area contributed by atoms with Crippen LogP contribution < -0.4 is 5.32 Å². The summed E-state index contributed by atoms with van der Waals surface area (Å²) in [7, 11) is 0. The average Bonchev–Trinajstić information content (AvgIpc) is 3.15. The molecule has 1 fully saturated rings. The molecule has 1 N–H and O–H groups in total. The molecule has 0 saturated heterocycles. The molecule has 1 aliphatic carbocycles. The van der Waals surface area contributed by atoms with Gasteiger partial charge >= 0.3 is 0 Å². The molecule has 1 aromatic carbocycles. The van der Waals surface area contributed by atoms with Gasteiger partial charge in [-0.1, -0.05) is 57.0 Å². The SMILES string of the molecule is CCCC.c1ccc(CNCC2CC2)cc1. The molecule has 1 saturated carbocycles. The Hall–Kier alpha value is -0.820. The van der Waals surface area contributed by atoms with Crippen molar-refractivity contribution in [2.75, 3.05) is 6.54 Å². The van der Waals surface area contributed by atoms with E-state index >= 15 is 0 Å². The van der Waals surface area contributed by atoms with Gasteiger partial charge in [0.15, 0.2) is 0 Å². The summed E-state index contributed by atoms with van der Waals surface area (Å²) in [6.45, 7) is 6.59. The zero-order valence-corrected chi connectivity index (χ0v) is 10.7. The Labute approximate surface area is 100 Å². The number of benzene rings is 1. The molecule has 1 aliphatic rings. The summed E-state index contributed by atoms with van der Waals surface area (Å²) < 4.78 is 0. The first-order valence-corrected chi connectivity index (χ1v) is 6.61. The Bertz CT molecular complexity index is 249. The summed E-state index contributed by atoms with van der Waals surface area (Å²) in [5.41, 5.74) is 1.39. The molecule has 0 atom stereocenters. The maximum absolute atomic E-state index is 3.46. The van der Waals surface area contributed by atoms with Crippen molar-refractivity contribution in [1.29, 1.82) is 0 Å². The van der Waals surface area contributed by atoms with Crippen LogP contribution in [0.25, 0.3) is 0 Å². The predicted molar refractivity (Wildman–Crippen MR) is 71.5 cm³/mol. The van der Waals surface area contributed by atoms with E-state index in [0.29, 0.717) is 0 Å². The summed E-state index contributed by atoms with van der Waals surface area (Å²) >= 11 is 0. The number of rotatable bonds is 5. The Kier molecular flexibility index (Phi) is 6.91. The molecular weight excluding hydrogens is 194 g/mol. The lowest BCUT2D eigenvalue weighted by atomic mass is 10.2. The zero-order valence-electron chi connectivity index (χ0n) is 10.7. The van der Waals surface area contributed by atoms with Crippen LogP contribution >= 0.6 is 0 Å². The standard InChI is InChI=1S/C11H15N.C4H10/c1-2-4-10(5-3-1)8-12-9-11-6-7-11;1-3-4-2/h1-5,11-12H,6-9H2;3-4H2,1-2H3. The lowest BCUT2D eigenvalue weighted by molar-refractivity contribution is 0.639. The summed E-state index contributed by atoms with van der Waals surface area (Å²) in [6, 6.07) is 10.6. The quantitative estimate of drug-likeness (QED) is 0.789. The van der Waals surface area contributed by atoms with Crippen LogP contribution in [0.2, 0.25) is 0 Å². The smallest absolute Gasteiger partial charge is 0.0205 e. The third-order valence-corrected chi connectivity index (χ3v) is 2.80. The van der Waals surface area contributed by atoms with Crippen LogP contribution in [0.5, 0.6) is 0 Å². The minimum Gasteiger partial charge on any atom is -0.312 e. The number of unbranched alkanes of at least 4 members (excludes halogenated alkanes) is 1. The summed E-state index contributed by atoms with van der Waals surface area (Å²) in [5, 5.41) is 3.46. The fourth-order valence-electron chi connectivity index (χ4n) is 1.34. The first-order chi connectivity index (χ1) is 7.86. The van der Waals surface area contributed by atoms with Crippen LogP contribution in [0.15, 0.2) is 30.3 Å². The Morgan fingerprint density at radius 1 is 1.06 bits per heavy atom. The van der Waals surface area contributed by atoms with E-state index in [-0.39, 0.29) is 0 Å². The largest absolute Gasteiger partial charge is 0.312 e. The van der Waals surface area contributed by atoms with E-state index in [1.807, 2.05) is 0 Å². The molecule has 0 spiro atoms. The molecule has 1 aromatic rings. The van der Waals surface area contributed by atoms with Gasteiger partial charge in [-0.15, -0.1) is 0 Å². The van der Waals surface area contributed by atoms with Gasteiger partial charge in [-0.05, 0) is 30.9 Å². The van der Waals surface area contributed by atoms with E-state index in [2.05, 4.69) is 49.5 Å². The van der Waals surface area contributed by atoms with Gasteiger partial charge in [0.2, 0.25) is 0 Å². The van der Waals surface area contributed by atoms with Crippen molar-refractivity contribution < 1.29 is 0 Å². The monoisotopic (exact) mass is 219 g/mol. The van der Waals surface area contributed by atoms with Crippen LogP contribution in [-0.2, 0) is 6.54 Å². The second-order valence-corrected chi connectivity index (χ2v) is 4.56. The molecule has 0 amide bonds. The first kappa shape index (κ1) is 13.2. The summed E-state index contributed by atoms with van der Waals surface area (Å²) in [6.07, 6.45) is 5.50. The van der Waals surface area contributed by atoms with Gasteiger partial charge < -0.3 is 5.32 Å². The molecule has 2 rings (SSSR count). The Morgan fingerprint density at radius 2 is 1.69 bits per heavy atom. The summed E-state index contributed by atoms with van der Waals surface area (Å²) in [5.74, 6) is 0.980. The number of nitrogens with one attached hydrogen (secondary N) is 1. The fourth-order valence-corrected chi connectivity index (χ4v) is 1.34. The third kappa shape index (κ3) is 6.62. The van der Waals surface area contributed by atoms with Crippen LogP contribution in [0.3, 0.4) is 0 Å². The predicted octanol–water partition coefficient (Wildman–Crippen LogP) is 3.99. The van der Waals surface area contributed by atoms with Crippen LogP contribution in [0.1, 0.15) is 45.1 Å². The van der Waals surface area contributed by atoms with E-state index in [1.54, 1.807) is 0 Å². The van der Waals surface area contributed by atoms with Crippen molar-refractivity contribution in [1.82, 2.24) is 5.32 Å². The van der Waals surface area contributed by atoms with Crippen LogP contribution in [0, 0.1) is 5.92 Å². The second-order valence-electron chi connectivity index (χ2n) is 4.56. The minimum atomic E-state index is 0.980.